The second-order valence-corrected chi connectivity index (χ2v) is 5.71. The Morgan fingerprint density at radius 2 is 1.86 bits per heavy atom. The molecule has 116 valence electrons. The smallest absolute Gasteiger partial charge is 0.134 e. The first-order chi connectivity index (χ1) is 10.2. The summed E-state index contributed by atoms with van der Waals surface area (Å²) >= 11 is 0. The van der Waals surface area contributed by atoms with Gasteiger partial charge in [-0.3, -0.25) is 4.90 Å². The normalized spacial score (nSPS) is 13.4. The van der Waals surface area contributed by atoms with E-state index in [0.717, 1.165) is 24.6 Å². The summed E-state index contributed by atoms with van der Waals surface area (Å²) in [5.41, 5.74) is 8.28. The van der Waals surface area contributed by atoms with Crippen LogP contribution in [0.5, 0.6) is 0 Å². The Kier molecular flexibility index (Phi) is 5.83. The number of nitrogens with zero attached hydrogens (tertiary/aromatic N) is 1. The Morgan fingerprint density at radius 3 is 2.48 bits per heavy atom. The summed E-state index contributed by atoms with van der Waals surface area (Å²) in [4.78, 5) is 2.50. The first-order valence-corrected chi connectivity index (χ1v) is 8.15. The molecule has 0 saturated carbocycles. The molecule has 2 rings (SSSR count). The first kappa shape index (κ1) is 16.1. The van der Waals surface area contributed by atoms with Crippen LogP contribution in [0.4, 0.5) is 0 Å². The van der Waals surface area contributed by atoms with Gasteiger partial charge >= 0.3 is 0 Å². The average molecular weight is 288 g/mol. The van der Waals surface area contributed by atoms with E-state index in [2.05, 4.69) is 37.8 Å². The summed E-state index contributed by atoms with van der Waals surface area (Å²) in [6, 6.07) is 8.45. The molecule has 0 radical (unpaired) electrons. The quantitative estimate of drug-likeness (QED) is 0.792. The van der Waals surface area contributed by atoms with Gasteiger partial charge < -0.3 is 10.2 Å². The summed E-state index contributed by atoms with van der Waals surface area (Å²) < 4.78 is 5.70. The summed E-state index contributed by atoms with van der Waals surface area (Å²) in [5, 5.41) is 1.19. The molecule has 1 aromatic heterocycles. The molecule has 0 spiro atoms. The van der Waals surface area contributed by atoms with Gasteiger partial charge in [0.15, 0.2) is 0 Å². The SMILES string of the molecule is CCC(CC)CN(CC)C(CN)c1coc2ccccc12. The van der Waals surface area contributed by atoms with Crippen molar-refractivity contribution < 1.29 is 4.42 Å². The van der Waals surface area contributed by atoms with E-state index in [1.165, 1.54) is 23.8 Å². The molecule has 0 saturated heterocycles. The van der Waals surface area contributed by atoms with Crippen molar-refractivity contribution in [1.29, 1.82) is 0 Å². The molecule has 0 fully saturated rings. The van der Waals surface area contributed by atoms with Gasteiger partial charge in [-0.2, -0.15) is 0 Å². The highest BCUT2D eigenvalue weighted by atomic mass is 16.3. The van der Waals surface area contributed by atoms with Gasteiger partial charge in [-0.1, -0.05) is 51.8 Å². The number of benzene rings is 1. The Balaban J connectivity index is 2.28. The van der Waals surface area contributed by atoms with E-state index in [1.54, 1.807) is 0 Å². The van der Waals surface area contributed by atoms with Crippen LogP contribution in [0.2, 0.25) is 0 Å². The van der Waals surface area contributed by atoms with Crippen LogP contribution in [-0.2, 0) is 0 Å². The number of fused-ring (bicyclic) bond motifs is 1. The molecule has 1 aromatic carbocycles. The molecule has 0 aliphatic carbocycles. The fourth-order valence-electron chi connectivity index (χ4n) is 3.08. The second-order valence-electron chi connectivity index (χ2n) is 5.71. The molecule has 2 aromatic rings. The van der Waals surface area contributed by atoms with Crippen LogP contribution in [-0.4, -0.2) is 24.5 Å². The van der Waals surface area contributed by atoms with Crippen molar-refractivity contribution in [3.8, 4) is 0 Å². The van der Waals surface area contributed by atoms with Gasteiger partial charge in [-0.05, 0) is 18.5 Å². The predicted molar refractivity (Wildman–Crippen MR) is 89.3 cm³/mol. The highest BCUT2D eigenvalue weighted by molar-refractivity contribution is 5.81. The Hall–Kier alpha value is -1.32. The van der Waals surface area contributed by atoms with E-state index in [-0.39, 0.29) is 6.04 Å². The second kappa shape index (κ2) is 7.62. The van der Waals surface area contributed by atoms with Gasteiger partial charge in [0, 0.05) is 24.0 Å². The zero-order chi connectivity index (χ0) is 15.2. The lowest BCUT2D eigenvalue weighted by atomic mass is 9.99. The van der Waals surface area contributed by atoms with E-state index in [4.69, 9.17) is 10.2 Å². The van der Waals surface area contributed by atoms with Crippen molar-refractivity contribution in [2.24, 2.45) is 11.7 Å². The number of nitrogens with two attached hydrogens (primary N) is 1. The van der Waals surface area contributed by atoms with Crippen molar-refractivity contribution >= 4 is 11.0 Å². The number of likely N-dealkylation sites (N-methyl/N-ethyl adjacent to an activating group) is 1. The maximum absolute atomic E-state index is 6.11. The molecule has 1 heterocycles. The third-order valence-electron chi connectivity index (χ3n) is 4.59. The molecule has 1 atom stereocenters. The van der Waals surface area contributed by atoms with Gasteiger partial charge in [0.1, 0.15) is 5.58 Å². The zero-order valence-corrected chi connectivity index (χ0v) is 13.5. The summed E-state index contributed by atoms with van der Waals surface area (Å²) in [6.45, 7) is 9.49. The number of rotatable bonds is 8. The van der Waals surface area contributed by atoms with Crippen LogP contribution < -0.4 is 5.73 Å². The Bertz CT molecular complexity index is 545. The van der Waals surface area contributed by atoms with Crippen molar-refractivity contribution in [1.82, 2.24) is 4.90 Å². The largest absolute Gasteiger partial charge is 0.464 e. The van der Waals surface area contributed by atoms with Crippen molar-refractivity contribution in [3.63, 3.8) is 0 Å². The van der Waals surface area contributed by atoms with Gasteiger partial charge in [0.2, 0.25) is 0 Å². The third-order valence-corrected chi connectivity index (χ3v) is 4.59. The molecule has 21 heavy (non-hydrogen) atoms. The van der Waals surface area contributed by atoms with Gasteiger partial charge in [-0.25, -0.2) is 0 Å². The molecule has 0 amide bonds. The molecule has 3 heteroatoms. The lowest BCUT2D eigenvalue weighted by molar-refractivity contribution is 0.174. The van der Waals surface area contributed by atoms with Crippen molar-refractivity contribution in [2.75, 3.05) is 19.6 Å². The molecular weight excluding hydrogens is 260 g/mol. The standard InChI is InChI=1S/C18H28N2O/c1-4-14(5-2)12-20(6-3)17(11-19)16-13-21-18-10-8-7-9-15(16)18/h7-10,13-14,17H,4-6,11-12,19H2,1-3H3. The van der Waals surface area contributed by atoms with E-state index in [1.807, 2.05) is 18.4 Å². The molecule has 2 N–H and O–H groups in total. The molecule has 0 bridgehead atoms. The number of para-hydroxylation sites is 1. The highest BCUT2D eigenvalue weighted by Crippen LogP contribution is 2.30. The Labute approximate surface area is 128 Å². The fourth-order valence-corrected chi connectivity index (χ4v) is 3.08. The molecule has 0 aliphatic rings. The van der Waals surface area contributed by atoms with E-state index >= 15 is 0 Å². The third kappa shape index (κ3) is 3.47. The van der Waals surface area contributed by atoms with E-state index < -0.39 is 0 Å². The molecular formula is C18H28N2O. The van der Waals surface area contributed by atoms with Crippen molar-refractivity contribution in [3.05, 3.63) is 36.1 Å². The first-order valence-electron chi connectivity index (χ1n) is 8.15. The maximum Gasteiger partial charge on any atom is 0.134 e. The summed E-state index contributed by atoms with van der Waals surface area (Å²) in [6.07, 6.45) is 4.32. The minimum Gasteiger partial charge on any atom is -0.464 e. The predicted octanol–water partition coefficient (Wildman–Crippen LogP) is 4.19. The van der Waals surface area contributed by atoms with Crippen LogP contribution >= 0.6 is 0 Å². The molecule has 0 aliphatic heterocycles. The molecule has 1 unspecified atom stereocenters. The Morgan fingerprint density at radius 1 is 1.14 bits per heavy atom. The van der Waals surface area contributed by atoms with Crippen LogP contribution in [0.3, 0.4) is 0 Å². The van der Waals surface area contributed by atoms with Crippen LogP contribution in [0.1, 0.15) is 45.2 Å². The van der Waals surface area contributed by atoms with Gasteiger partial charge in [0.25, 0.3) is 0 Å². The lowest BCUT2D eigenvalue weighted by Crippen LogP contribution is -2.37. The zero-order valence-electron chi connectivity index (χ0n) is 13.5. The molecule has 3 nitrogen and oxygen atoms in total. The summed E-state index contributed by atoms with van der Waals surface area (Å²) in [7, 11) is 0. The summed E-state index contributed by atoms with van der Waals surface area (Å²) in [5.74, 6) is 0.733. The maximum atomic E-state index is 6.11. The number of hydrogen-bond donors (Lipinski definition) is 1. The van der Waals surface area contributed by atoms with Gasteiger partial charge in [0.05, 0.1) is 12.3 Å². The van der Waals surface area contributed by atoms with Crippen molar-refractivity contribution in [2.45, 2.75) is 39.7 Å². The van der Waals surface area contributed by atoms with Crippen LogP contribution in [0.15, 0.2) is 34.9 Å². The fraction of sp³-hybridized carbons (Fsp3) is 0.556. The van der Waals surface area contributed by atoms with Gasteiger partial charge in [-0.15, -0.1) is 0 Å². The number of furan rings is 1. The van der Waals surface area contributed by atoms with Crippen LogP contribution in [0, 0.1) is 5.92 Å². The van der Waals surface area contributed by atoms with Crippen LogP contribution in [0.25, 0.3) is 11.0 Å². The minimum absolute atomic E-state index is 0.235. The van der Waals surface area contributed by atoms with E-state index in [0.29, 0.717) is 6.54 Å². The monoisotopic (exact) mass is 288 g/mol. The highest BCUT2D eigenvalue weighted by Gasteiger charge is 2.23. The van der Waals surface area contributed by atoms with E-state index in [9.17, 15) is 0 Å². The lowest BCUT2D eigenvalue weighted by Gasteiger charge is -2.32. The average Bonchev–Trinajstić information content (AvgIpc) is 2.95. The number of hydrogen-bond acceptors (Lipinski definition) is 3. The minimum atomic E-state index is 0.235. The topological polar surface area (TPSA) is 42.4 Å².